The fraction of sp³-hybridized carbons (Fsp3) is 0.682. The molecule has 1 N–H and O–H groups in total. The maximum absolute atomic E-state index is 4.57. The van der Waals surface area contributed by atoms with E-state index < -0.39 is 0 Å². The molecule has 2 unspecified atom stereocenters. The third-order valence-electron chi connectivity index (χ3n) is 5.86. The largest absolute Gasteiger partial charge is 0.356 e. The fourth-order valence-corrected chi connectivity index (χ4v) is 5.24. The highest BCUT2D eigenvalue weighted by Crippen LogP contribution is 2.26. The van der Waals surface area contributed by atoms with Gasteiger partial charge in [-0.1, -0.05) is 18.2 Å². The van der Waals surface area contributed by atoms with Crippen molar-refractivity contribution < 1.29 is 0 Å². The zero-order valence-electron chi connectivity index (χ0n) is 17.2. The number of benzene rings is 1. The first kappa shape index (κ1) is 20.5. The van der Waals surface area contributed by atoms with Crippen LogP contribution in [0.1, 0.15) is 33.1 Å². The predicted molar refractivity (Wildman–Crippen MR) is 118 cm³/mol. The van der Waals surface area contributed by atoms with Gasteiger partial charge in [-0.2, -0.15) is 0 Å². The standard InChI is InChI=1S/C22H36N4S/c1-18(2)25-12-7-8-19(15-25)14-24-22(23-3)26-13-11-20(16-26)17-27-21-9-5-4-6-10-21/h4-6,9-10,18-20H,7-8,11-17H2,1-3H3,(H,23,24). The molecule has 2 atom stereocenters. The molecular weight excluding hydrogens is 352 g/mol. The number of rotatable bonds is 6. The fourth-order valence-electron chi connectivity index (χ4n) is 4.19. The number of hydrogen-bond donors (Lipinski definition) is 1. The van der Waals surface area contributed by atoms with Crippen LogP contribution in [0.25, 0.3) is 0 Å². The Kier molecular flexibility index (Phi) is 7.89. The van der Waals surface area contributed by atoms with Crippen molar-refractivity contribution in [3.63, 3.8) is 0 Å². The third kappa shape index (κ3) is 6.15. The van der Waals surface area contributed by atoms with Crippen molar-refractivity contribution >= 4 is 17.7 Å². The van der Waals surface area contributed by atoms with Crippen molar-refractivity contribution in [2.24, 2.45) is 16.8 Å². The van der Waals surface area contributed by atoms with E-state index in [0.29, 0.717) is 6.04 Å². The second-order valence-corrected chi connectivity index (χ2v) is 9.34. The number of hydrogen-bond acceptors (Lipinski definition) is 3. The third-order valence-corrected chi connectivity index (χ3v) is 7.10. The minimum Gasteiger partial charge on any atom is -0.356 e. The van der Waals surface area contributed by atoms with E-state index in [1.807, 2.05) is 18.8 Å². The highest BCUT2D eigenvalue weighted by molar-refractivity contribution is 7.99. The van der Waals surface area contributed by atoms with E-state index in [4.69, 9.17) is 0 Å². The zero-order chi connectivity index (χ0) is 19.1. The van der Waals surface area contributed by atoms with Gasteiger partial charge in [-0.15, -0.1) is 11.8 Å². The smallest absolute Gasteiger partial charge is 0.193 e. The van der Waals surface area contributed by atoms with Crippen LogP contribution in [0, 0.1) is 11.8 Å². The van der Waals surface area contributed by atoms with Gasteiger partial charge in [0.2, 0.25) is 0 Å². The molecule has 2 saturated heterocycles. The van der Waals surface area contributed by atoms with Crippen LogP contribution in [0.2, 0.25) is 0 Å². The normalized spacial score (nSPS) is 24.6. The minimum absolute atomic E-state index is 0.661. The molecular formula is C22H36N4S. The Bertz CT molecular complexity index is 589. The molecule has 2 aliphatic rings. The van der Waals surface area contributed by atoms with E-state index in [1.54, 1.807) is 0 Å². The summed E-state index contributed by atoms with van der Waals surface area (Å²) in [7, 11) is 1.93. The molecule has 3 rings (SSSR count). The van der Waals surface area contributed by atoms with E-state index in [-0.39, 0.29) is 0 Å². The number of aliphatic imine (C=N–C) groups is 1. The summed E-state index contributed by atoms with van der Waals surface area (Å²) in [6, 6.07) is 11.4. The van der Waals surface area contributed by atoms with Crippen LogP contribution >= 0.6 is 11.8 Å². The highest BCUT2D eigenvalue weighted by atomic mass is 32.2. The summed E-state index contributed by atoms with van der Waals surface area (Å²) < 4.78 is 0. The van der Waals surface area contributed by atoms with Crippen molar-refractivity contribution in [3.05, 3.63) is 30.3 Å². The first-order chi connectivity index (χ1) is 13.2. The van der Waals surface area contributed by atoms with Gasteiger partial charge in [-0.3, -0.25) is 4.99 Å². The lowest BCUT2D eigenvalue weighted by Crippen LogP contribution is -2.46. The van der Waals surface area contributed by atoms with Gasteiger partial charge in [-0.05, 0) is 63.6 Å². The van der Waals surface area contributed by atoms with Crippen LogP contribution in [0.15, 0.2) is 40.2 Å². The van der Waals surface area contributed by atoms with Crippen LogP contribution in [0.3, 0.4) is 0 Å². The molecule has 1 aromatic rings. The molecule has 1 aromatic carbocycles. The summed E-state index contributed by atoms with van der Waals surface area (Å²) in [5, 5.41) is 3.68. The van der Waals surface area contributed by atoms with Crippen molar-refractivity contribution in [3.8, 4) is 0 Å². The second-order valence-electron chi connectivity index (χ2n) is 8.25. The highest BCUT2D eigenvalue weighted by Gasteiger charge is 2.26. The van der Waals surface area contributed by atoms with E-state index in [0.717, 1.165) is 37.4 Å². The van der Waals surface area contributed by atoms with Crippen LogP contribution < -0.4 is 5.32 Å². The van der Waals surface area contributed by atoms with Crippen LogP contribution in [-0.2, 0) is 0 Å². The summed E-state index contributed by atoms with van der Waals surface area (Å²) in [4.78, 5) is 11.0. The molecule has 4 nitrogen and oxygen atoms in total. The summed E-state index contributed by atoms with van der Waals surface area (Å²) in [6.45, 7) is 10.4. The Balaban J connectivity index is 1.42. The lowest BCUT2D eigenvalue weighted by atomic mass is 9.97. The van der Waals surface area contributed by atoms with Gasteiger partial charge < -0.3 is 15.1 Å². The first-order valence-corrected chi connectivity index (χ1v) is 11.5. The molecule has 2 aliphatic heterocycles. The van der Waals surface area contributed by atoms with Crippen LogP contribution in [0.4, 0.5) is 0 Å². The molecule has 0 radical (unpaired) electrons. The van der Waals surface area contributed by atoms with Gasteiger partial charge in [0.1, 0.15) is 0 Å². The minimum atomic E-state index is 0.661. The van der Waals surface area contributed by atoms with E-state index >= 15 is 0 Å². The second kappa shape index (κ2) is 10.4. The number of piperidine rings is 1. The van der Waals surface area contributed by atoms with Crippen molar-refractivity contribution in [2.75, 3.05) is 45.5 Å². The summed E-state index contributed by atoms with van der Waals surface area (Å²) in [5.41, 5.74) is 0. The van der Waals surface area contributed by atoms with Gasteiger partial charge in [-0.25, -0.2) is 0 Å². The summed E-state index contributed by atoms with van der Waals surface area (Å²) in [5.74, 6) is 3.79. The SMILES string of the molecule is CN=C(NCC1CCCN(C(C)C)C1)N1CCC(CSc2ccccc2)C1. The van der Waals surface area contributed by atoms with Gasteiger partial charge in [0.05, 0.1) is 0 Å². The maximum Gasteiger partial charge on any atom is 0.193 e. The molecule has 0 aliphatic carbocycles. The van der Waals surface area contributed by atoms with E-state index in [1.165, 1.54) is 43.0 Å². The van der Waals surface area contributed by atoms with E-state index in [2.05, 4.69) is 64.3 Å². The number of thioether (sulfide) groups is 1. The first-order valence-electron chi connectivity index (χ1n) is 10.5. The Morgan fingerprint density at radius 1 is 1.15 bits per heavy atom. The molecule has 0 amide bonds. The van der Waals surface area contributed by atoms with Gasteiger partial charge in [0.25, 0.3) is 0 Å². The molecule has 0 aromatic heterocycles. The van der Waals surface area contributed by atoms with Crippen LogP contribution in [-0.4, -0.2) is 67.3 Å². The Morgan fingerprint density at radius 3 is 2.70 bits per heavy atom. The van der Waals surface area contributed by atoms with Crippen molar-refractivity contribution in [1.82, 2.24) is 15.1 Å². The Morgan fingerprint density at radius 2 is 1.96 bits per heavy atom. The topological polar surface area (TPSA) is 30.9 Å². The van der Waals surface area contributed by atoms with E-state index in [9.17, 15) is 0 Å². The molecule has 27 heavy (non-hydrogen) atoms. The van der Waals surface area contributed by atoms with Crippen molar-refractivity contribution in [1.29, 1.82) is 0 Å². The quantitative estimate of drug-likeness (QED) is 0.456. The lowest BCUT2D eigenvalue weighted by molar-refractivity contribution is 0.140. The lowest BCUT2D eigenvalue weighted by Gasteiger charge is -2.36. The monoisotopic (exact) mass is 388 g/mol. The average Bonchev–Trinajstić information content (AvgIpc) is 3.17. The number of likely N-dealkylation sites (tertiary alicyclic amines) is 2. The van der Waals surface area contributed by atoms with Gasteiger partial charge in [0, 0.05) is 49.9 Å². The number of nitrogens with zero attached hydrogens (tertiary/aromatic N) is 3. The van der Waals surface area contributed by atoms with Crippen molar-refractivity contribution in [2.45, 2.75) is 44.0 Å². The molecule has 2 fully saturated rings. The van der Waals surface area contributed by atoms with Crippen LogP contribution in [0.5, 0.6) is 0 Å². The van der Waals surface area contributed by atoms with Gasteiger partial charge in [0.15, 0.2) is 5.96 Å². The summed E-state index contributed by atoms with van der Waals surface area (Å²) in [6.07, 6.45) is 3.93. The van der Waals surface area contributed by atoms with Gasteiger partial charge >= 0.3 is 0 Å². The molecule has 5 heteroatoms. The molecule has 0 bridgehead atoms. The Labute approximate surface area is 169 Å². The molecule has 150 valence electrons. The predicted octanol–water partition coefficient (Wildman–Crippen LogP) is 3.80. The maximum atomic E-state index is 4.57. The number of guanidine groups is 1. The molecule has 2 heterocycles. The average molecular weight is 389 g/mol. The Hall–Kier alpha value is -1.20. The number of nitrogens with one attached hydrogen (secondary N) is 1. The zero-order valence-corrected chi connectivity index (χ0v) is 18.0. The molecule has 0 saturated carbocycles. The summed E-state index contributed by atoms with van der Waals surface area (Å²) >= 11 is 1.99. The molecule has 0 spiro atoms.